The number of fused-ring (bicyclic) bond motifs is 1. The Hall–Kier alpha value is -3.21. The molecule has 5 heteroatoms. The molecule has 1 N–H and O–H groups in total. The fourth-order valence-corrected chi connectivity index (χ4v) is 3.56. The minimum atomic E-state index is -0.248. The van der Waals surface area contributed by atoms with Crippen molar-refractivity contribution < 1.29 is 9.18 Å². The van der Waals surface area contributed by atoms with Crippen LogP contribution in [0.2, 0.25) is 0 Å². The number of halogens is 1. The van der Waals surface area contributed by atoms with Crippen LogP contribution in [-0.4, -0.2) is 24.0 Å². The third kappa shape index (κ3) is 4.03. The second-order valence-electron chi connectivity index (χ2n) is 6.94. The second kappa shape index (κ2) is 8.21. The van der Waals surface area contributed by atoms with E-state index in [2.05, 4.69) is 39.5 Å². The molecule has 0 atom stereocenters. The van der Waals surface area contributed by atoms with E-state index in [0.29, 0.717) is 24.2 Å². The largest absolute Gasteiger partial charge is 0.367 e. The van der Waals surface area contributed by atoms with Crippen molar-refractivity contribution in [2.75, 3.05) is 18.0 Å². The van der Waals surface area contributed by atoms with Gasteiger partial charge in [-0.25, -0.2) is 4.39 Å². The molecule has 0 radical (unpaired) electrons. The molecule has 28 heavy (non-hydrogen) atoms. The average Bonchev–Trinajstić information content (AvgIpc) is 2.75. The molecular weight excluding hydrogens is 353 g/mol. The fourth-order valence-electron chi connectivity index (χ4n) is 3.56. The lowest BCUT2D eigenvalue weighted by Gasteiger charge is -2.30. The highest BCUT2D eigenvalue weighted by Crippen LogP contribution is 2.24. The predicted octanol–water partition coefficient (Wildman–Crippen LogP) is 3.76. The molecule has 0 bridgehead atoms. The SMILES string of the molecule is O=C(NCCc1ccccc1F)c1cc(N2CCc3ccccc3C2)ccn1. The van der Waals surface area contributed by atoms with Crippen LogP contribution >= 0.6 is 0 Å². The minimum absolute atomic E-state index is 0.240. The van der Waals surface area contributed by atoms with Gasteiger partial charge in [0.1, 0.15) is 11.5 Å². The number of benzene rings is 2. The van der Waals surface area contributed by atoms with Crippen molar-refractivity contribution in [3.05, 3.63) is 95.1 Å². The summed E-state index contributed by atoms with van der Waals surface area (Å²) in [5.41, 5.74) is 4.67. The van der Waals surface area contributed by atoms with E-state index in [1.807, 2.05) is 12.1 Å². The number of hydrogen-bond donors (Lipinski definition) is 1. The smallest absolute Gasteiger partial charge is 0.269 e. The summed E-state index contributed by atoms with van der Waals surface area (Å²) in [6.07, 6.45) is 3.10. The number of anilines is 1. The molecule has 142 valence electrons. The molecule has 4 rings (SSSR count). The molecule has 3 aromatic rings. The zero-order chi connectivity index (χ0) is 19.3. The van der Waals surface area contributed by atoms with Crippen molar-refractivity contribution in [3.8, 4) is 0 Å². The zero-order valence-corrected chi connectivity index (χ0v) is 15.6. The van der Waals surface area contributed by atoms with Crippen molar-refractivity contribution in [2.45, 2.75) is 19.4 Å². The van der Waals surface area contributed by atoms with Crippen molar-refractivity contribution in [2.24, 2.45) is 0 Å². The highest BCUT2D eigenvalue weighted by molar-refractivity contribution is 5.93. The fraction of sp³-hybridized carbons (Fsp3) is 0.217. The lowest BCUT2D eigenvalue weighted by molar-refractivity contribution is 0.0949. The number of hydrogen-bond acceptors (Lipinski definition) is 3. The van der Waals surface area contributed by atoms with Crippen molar-refractivity contribution >= 4 is 11.6 Å². The van der Waals surface area contributed by atoms with E-state index in [-0.39, 0.29) is 11.7 Å². The zero-order valence-electron chi connectivity index (χ0n) is 15.6. The molecule has 0 fully saturated rings. The number of nitrogens with one attached hydrogen (secondary N) is 1. The summed E-state index contributed by atoms with van der Waals surface area (Å²) >= 11 is 0. The third-order valence-corrected chi connectivity index (χ3v) is 5.11. The van der Waals surface area contributed by atoms with Crippen LogP contribution in [0.15, 0.2) is 66.9 Å². The Morgan fingerprint density at radius 3 is 2.71 bits per heavy atom. The highest BCUT2D eigenvalue weighted by atomic mass is 19.1. The normalized spacial score (nSPS) is 13.1. The minimum Gasteiger partial charge on any atom is -0.367 e. The molecule has 1 aliphatic heterocycles. The van der Waals surface area contributed by atoms with Crippen LogP contribution in [0.1, 0.15) is 27.2 Å². The predicted molar refractivity (Wildman–Crippen MR) is 108 cm³/mol. The molecule has 0 saturated heterocycles. The van der Waals surface area contributed by atoms with E-state index in [9.17, 15) is 9.18 Å². The van der Waals surface area contributed by atoms with E-state index in [4.69, 9.17) is 0 Å². The molecule has 0 unspecified atom stereocenters. The van der Waals surface area contributed by atoms with Crippen LogP contribution in [0, 0.1) is 5.82 Å². The lowest BCUT2D eigenvalue weighted by Crippen LogP contribution is -2.31. The Labute approximate surface area is 164 Å². The van der Waals surface area contributed by atoms with Gasteiger partial charge in [0.15, 0.2) is 0 Å². The van der Waals surface area contributed by atoms with Gasteiger partial charge < -0.3 is 10.2 Å². The number of nitrogens with zero attached hydrogens (tertiary/aromatic N) is 2. The maximum atomic E-state index is 13.7. The quantitative estimate of drug-likeness (QED) is 0.739. The van der Waals surface area contributed by atoms with Crippen molar-refractivity contribution in [1.29, 1.82) is 0 Å². The molecule has 0 saturated carbocycles. The van der Waals surface area contributed by atoms with Gasteiger partial charge in [-0.3, -0.25) is 9.78 Å². The number of carbonyl (C=O) groups excluding carboxylic acids is 1. The number of pyridine rings is 1. The maximum Gasteiger partial charge on any atom is 0.269 e. The first-order chi connectivity index (χ1) is 13.7. The highest BCUT2D eigenvalue weighted by Gasteiger charge is 2.17. The monoisotopic (exact) mass is 375 g/mol. The van der Waals surface area contributed by atoms with Gasteiger partial charge in [-0.1, -0.05) is 42.5 Å². The van der Waals surface area contributed by atoms with Crippen molar-refractivity contribution in [1.82, 2.24) is 10.3 Å². The summed E-state index contributed by atoms with van der Waals surface area (Å²) in [5, 5.41) is 2.83. The Balaban J connectivity index is 1.39. The molecule has 0 aliphatic carbocycles. The molecule has 2 aromatic carbocycles. The van der Waals surface area contributed by atoms with E-state index in [1.165, 1.54) is 17.2 Å². The van der Waals surface area contributed by atoms with Gasteiger partial charge in [-0.15, -0.1) is 0 Å². The van der Waals surface area contributed by atoms with Gasteiger partial charge in [-0.2, -0.15) is 0 Å². The summed E-state index contributed by atoms with van der Waals surface area (Å²) in [6.45, 7) is 2.10. The van der Waals surface area contributed by atoms with Gasteiger partial charge in [0, 0.05) is 31.5 Å². The Morgan fingerprint density at radius 2 is 1.86 bits per heavy atom. The van der Waals surface area contributed by atoms with Gasteiger partial charge in [-0.05, 0) is 47.7 Å². The Bertz CT molecular complexity index is 989. The first kappa shape index (κ1) is 18.2. The van der Waals surface area contributed by atoms with Crippen LogP contribution in [0.5, 0.6) is 0 Å². The molecule has 2 heterocycles. The maximum absolute atomic E-state index is 13.7. The van der Waals surface area contributed by atoms with Crippen LogP contribution in [0.3, 0.4) is 0 Å². The van der Waals surface area contributed by atoms with Crippen LogP contribution in [0.4, 0.5) is 10.1 Å². The van der Waals surface area contributed by atoms with E-state index in [1.54, 1.807) is 24.4 Å². The number of amides is 1. The number of carbonyl (C=O) groups is 1. The standard InChI is InChI=1S/C23H22FN3O/c24-21-8-4-3-6-18(21)9-12-26-23(28)22-15-20(10-13-25-22)27-14-11-17-5-1-2-7-19(17)16-27/h1-8,10,13,15H,9,11-12,14,16H2,(H,26,28). The van der Waals surface area contributed by atoms with E-state index < -0.39 is 0 Å². The first-order valence-electron chi connectivity index (χ1n) is 9.50. The van der Waals surface area contributed by atoms with Gasteiger partial charge >= 0.3 is 0 Å². The average molecular weight is 375 g/mol. The van der Waals surface area contributed by atoms with Crippen molar-refractivity contribution in [3.63, 3.8) is 0 Å². The van der Waals surface area contributed by atoms with Crippen LogP contribution in [0.25, 0.3) is 0 Å². The Morgan fingerprint density at radius 1 is 1.07 bits per heavy atom. The first-order valence-corrected chi connectivity index (χ1v) is 9.50. The van der Waals surface area contributed by atoms with Crippen LogP contribution in [-0.2, 0) is 19.4 Å². The number of rotatable bonds is 5. The lowest BCUT2D eigenvalue weighted by atomic mass is 9.99. The second-order valence-corrected chi connectivity index (χ2v) is 6.94. The Kier molecular flexibility index (Phi) is 5.33. The molecule has 1 amide bonds. The summed E-state index contributed by atoms with van der Waals surface area (Å²) in [6, 6.07) is 18.8. The van der Waals surface area contributed by atoms with Gasteiger partial charge in [0.05, 0.1) is 0 Å². The summed E-state index contributed by atoms with van der Waals surface area (Å²) in [4.78, 5) is 18.9. The summed E-state index contributed by atoms with van der Waals surface area (Å²) < 4.78 is 13.7. The topological polar surface area (TPSA) is 45.2 Å². The van der Waals surface area contributed by atoms with E-state index in [0.717, 1.165) is 25.2 Å². The van der Waals surface area contributed by atoms with E-state index >= 15 is 0 Å². The van der Waals surface area contributed by atoms with Gasteiger partial charge in [0.25, 0.3) is 5.91 Å². The summed E-state index contributed by atoms with van der Waals surface area (Å²) in [5.74, 6) is -0.488. The molecule has 1 aromatic heterocycles. The van der Waals surface area contributed by atoms with Crippen LogP contribution < -0.4 is 10.2 Å². The van der Waals surface area contributed by atoms with Gasteiger partial charge in [0.2, 0.25) is 0 Å². The third-order valence-electron chi connectivity index (χ3n) is 5.11. The number of aromatic nitrogens is 1. The molecule has 0 spiro atoms. The summed E-state index contributed by atoms with van der Waals surface area (Å²) in [7, 11) is 0. The molecule has 4 nitrogen and oxygen atoms in total. The molecular formula is C23H22FN3O. The molecule has 1 aliphatic rings.